The topological polar surface area (TPSA) is 85.9 Å². The van der Waals surface area contributed by atoms with Crippen molar-refractivity contribution < 1.29 is 18.0 Å². The number of amides is 1. The van der Waals surface area contributed by atoms with Gasteiger partial charge < -0.3 is 10.6 Å². The van der Waals surface area contributed by atoms with E-state index in [0.717, 1.165) is 5.56 Å². The molecule has 0 saturated carbocycles. The van der Waals surface area contributed by atoms with E-state index in [1.54, 1.807) is 61.1 Å². The van der Waals surface area contributed by atoms with Gasteiger partial charge in [-0.2, -0.15) is 18.3 Å². The summed E-state index contributed by atoms with van der Waals surface area (Å²) in [5, 5.41) is 9.23. The fourth-order valence-corrected chi connectivity index (χ4v) is 4.90. The highest BCUT2D eigenvalue weighted by Crippen LogP contribution is 2.46. The van der Waals surface area contributed by atoms with E-state index in [2.05, 4.69) is 15.7 Å². The molecule has 0 saturated heterocycles. The fraction of sp³-hybridized carbons (Fsp3) is 0.269. The predicted molar refractivity (Wildman–Crippen MR) is 138 cm³/mol. The van der Waals surface area contributed by atoms with E-state index >= 15 is 0 Å². The highest BCUT2D eigenvalue weighted by Gasteiger charge is 2.48. The molecule has 4 aromatic rings. The molecule has 0 aliphatic carbocycles. The number of fused-ring (bicyclic) bond motifs is 1. The predicted octanol–water partition coefficient (Wildman–Crippen LogP) is 5.56. The van der Waals surface area contributed by atoms with E-state index in [1.165, 1.54) is 4.68 Å². The van der Waals surface area contributed by atoms with Crippen LogP contribution in [0.1, 0.15) is 45.8 Å². The van der Waals surface area contributed by atoms with Crippen molar-refractivity contribution in [3.8, 4) is 5.69 Å². The van der Waals surface area contributed by atoms with E-state index in [4.69, 9.17) is 11.6 Å². The van der Waals surface area contributed by atoms with Gasteiger partial charge in [-0.3, -0.25) is 14.3 Å². The number of rotatable bonds is 4. The van der Waals surface area contributed by atoms with Crippen molar-refractivity contribution >= 4 is 29.0 Å². The van der Waals surface area contributed by atoms with Crippen LogP contribution in [0.15, 0.2) is 59.4 Å². The molecule has 0 unspecified atom stereocenters. The number of nitrogens with one attached hydrogen (secondary N) is 2. The number of hydrogen-bond donors (Lipinski definition) is 2. The van der Waals surface area contributed by atoms with Crippen LogP contribution < -0.4 is 16.2 Å². The number of halogens is 4. The summed E-state index contributed by atoms with van der Waals surface area (Å²) in [6.07, 6.45) is -4.97. The monoisotopic (exact) mass is 544 g/mol. The lowest BCUT2D eigenvalue weighted by Gasteiger charge is -2.33. The molecule has 198 valence electrons. The van der Waals surface area contributed by atoms with Crippen LogP contribution in [0.4, 0.5) is 24.7 Å². The Morgan fingerprint density at radius 3 is 2.39 bits per heavy atom. The number of hydrogen-bond acceptors (Lipinski definition) is 4. The van der Waals surface area contributed by atoms with Gasteiger partial charge in [0, 0.05) is 13.5 Å². The van der Waals surface area contributed by atoms with Crippen LogP contribution >= 0.6 is 11.6 Å². The molecule has 0 fully saturated rings. The average Bonchev–Trinajstić information content (AvgIpc) is 3.32. The number of alkyl halides is 3. The van der Waals surface area contributed by atoms with Gasteiger partial charge in [-0.15, -0.1) is 0 Å². The zero-order valence-corrected chi connectivity index (χ0v) is 21.4. The Kier molecular flexibility index (Phi) is 6.34. The van der Waals surface area contributed by atoms with Crippen LogP contribution in [0.2, 0.25) is 5.02 Å². The quantitative estimate of drug-likeness (QED) is 0.352. The van der Waals surface area contributed by atoms with Crippen LogP contribution in [-0.4, -0.2) is 31.2 Å². The minimum Gasteiger partial charge on any atom is -0.362 e. The first-order chi connectivity index (χ1) is 18.0. The summed E-state index contributed by atoms with van der Waals surface area (Å²) in [7, 11) is 1.66. The maximum absolute atomic E-state index is 14.1. The number of para-hydroxylation sites is 1. The van der Waals surface area contributed by atoms with Gasteiger partial charge >= 0.3 is 6.18 Å². The average molecular weight is 545 g/mol. The number of aromatic nitrogens is 4. The third-order valence-electron chi connectivity index (χ3n) is 6.78. The highest BCUT2D eigenvalue weighted by molar-refractivity contribution is 6.36. The van der Waals surface area contributed by atoms with Crippen molar-refractivity contribution in [2.75, 3.05) is 10.6 Å². The van der Waals surface area contributed by atoms with E-state index in [0.29, 0.717) is 21.6 Å². The Labute approximate surface area is 220 Å². The van der Waals surface area contributed by atoms with Crippen LogP contribution in [-0.2, 0) is 7.05 Å². The maximum Gasteiger partial charge on any atom is 0.410 e. The molecular weight excluding hydrogens is 521 g/mol. The summed E-state index contributed by atoms with van der Waals surface area (Å²) in [6.45, 7) is 3.53. The largest absolute Gasteiger partial charge is 0.410 e. The first-order valence-corrected chi connectivity index (χ1v) is 12.2. The van der Waals surface area contributed by atoms with Gasteiger partial charge in [0.2, 0.25) is 0 Å². The summed E-state index contributed by atoms with van der Waals surface area (Å²) < 4.78 is 45.9. The lowest BCUT2D eigenvalue weighted by atomic mass is 9.96. The molecule has 1 aliphatic heterocycles. The lowest BCUT2D eigenvalue weighted by molar-refractivity contribution is -0.173. The van der Waals surface area contributed by atoms with Crippen molar-refractivity contribution in [2.24, 2.45) is 7.05 Å². The molecule has 38 heavy (non-hydrogen) atoms. The Morgan fingerprint density at radius 1 is 1.11 bits per heavy atom. The van der Waals surface area contributed by atoms with Crippen molar-refractivity contribution in [3.63, 3.8) is 0 Å². The molecule has 12 heteroatoms. The van der Waals surface area contributed by atoms with Gasteiger partial charge in [-0.1, -0.05) is 59.6 Å². The number of benzene rings is 2. The summed E-state index contributed by atoms with van der Waals surface area (Å²) >= 11 is 6.45. The van der Waals surface area contributed by atoms with Crippen LogP contribution in [0.25, 0.3) is 5.69 Å². The smallest absolute Gasteiger partial charge is 0.362 e. The Bertz CT molecular complexity index is 1570. The van der Waals surface area contributed by atoms with E-state index < -0.39 is 35.4 Å². The van der Waals surface area contributed by atoms with Crippen LogP contribution in [0, 0.1) is 13.8 Å². The SMILES string of the molecule is Cc1ccc([C@H]2C[C@@H](C(F)(F)F)n3nc(C(=O)Nc4c(C)n(C)n(-c5ccccc5)c4=O)c(Cl)c3N2)cc1. The number of anilines is 2. The molecule has 5 rings (SSSR count). The number of carbonyl (C=O) groups excluding carboxylic acids is 1. The summed E-state index contributed by atoms with van der Waals surface area (Å²) in [5.41, 5.74) is 1.71. The number of aryl methyl sites for hydroxylation is 1. The summed E-state index contributed by atoms with van der Waals surface area (Å²) in [4.78, 5) is 26.4. The van der Waals surface area contributed by atoms with Crippen molar-refractivity contribution in [1.82, 2.24) is 19.1 Å². The zero-order chi connectivity index (χ0) is 27.4. The Morgan fingerprint density at radius 2 is 1.76 bits per heavy atom. The first-order valence-electron chi connectivity index (χ1n) is 11.8. The highest BCUT2D eigenvalue weighted by atomic mass is 35.5. The second-order valence-corrected chi connectivity index (χ2v) is 9.63. The van der Waals surface area contributed by atoms with Gasteiger partial charge in [0.05, 0.1) is 17.4 Å². The number of nitrogens with zero attached hydrogens (tertiary/aromatic N) is 4. The third-order valence-corrected chi connectivity index (χ3v) is 7.14. The molecule has 0 bridgehead atoms. The van der Waals surface area contributed by atoms with Gasteiger partial charge in [0.15, 0.2) is 11.7 Å². The molecule has 2 aromatic carbocycles. The van der Waals surface area contributed by atoms with Crippen LogP contribution in [0.3, 0.4) is 0 Å². The lowest BCUT2D eigenvalue weighted by Crippen LogP contribution is -2.35. The minimum absolute atomic E-state index is 0.0266. The normalized spacial score (nSPS) is 17.1. The molecule has 1 aliphatic rings. The number of carbonyl (C=O) groups is 1. The molecular formula is C26H24ClF3N6O2. The molecule has 2 aromatic heterocycles. The molecule has 0 spiro atoms. The maximum atomic E-state index is 14.1. The summed E-state index contributed by atoms with van der Waals surface area (Å²) in [5.74, 6) is -1.00. The minimum atomic E-state index is -4.64. The van der Waals surface area contributed by atoms with Crippen LogP contribution in [0.5, 0.6) is 0 Å². The second kappa shape index (κ2) is 9.39. The first kappa shape index (κ1) is 25.7. The third kappa shape index (κ3) is 4.36. The molecule has 1 amide bonds. The second-order valence-electron chi connectivity index (χ2n) is 9.25. The molecule has 3 heterocycles. The van der Waals surface area contributed by atoms with Gasteiger partial charge in [0.25, 0.3) is 11.5 Å². The molecule has 0 radical (unpaired) electrons. The van der Waals surface area contributed by atoms with E-state index in [9.17, 15) is 22.8 Å². The Balaban J connectivity index is 1.51. The summed E-state index contributed by atoms with van der Waals surface area (Å²) in [6, 6.07) is 13.3. The van der Waals surface area contributed by atoms with E-state index in [1.807, 2.05) is 19.1 Å². The molecule has 2 atom stereocenters. The Hall–Kier alpha value is -3.99. The van der Waals surface area contributed by atoms with Gasteiger partial charge in [-0.05, 0) is 31.5 Å². The standard InChI is InChI=1S/C26H24ClF3N6O2/c1-14-9-11-16(12-10-14)18-13-19(26(28,29)30)35-23(31-18)20(27)22(33-35)24(37)32-21-15(2)34(3)36(25(21)38)17-7-5-4-6-8-17/h4-12,18-19,31H,13H2,1-3H3,(H,32,37)/t18-,19+/m1/s1. The fourth-order valence-electron chi connectivity index (χ4n) is 4.64. The zero-order valence-electron chi connectivity index (χ0n) is 20.7. The molecule has 8 nitrogen and oxygen atoms in total. The van der Waals surface area contributed by atoms with Crippen molar-refractivity contribution in [3.05, 3.63) is 92.5 Å². The van der Waals surface area contributed by atoms with Crippen molar-refractivity contribution in [1.29, 1.82) is 0 Å². The van der Waals surface area contributed by atoms with Gasteiger partial charge in [0.1, 0.15) is 16.5 Å². The van der Waals surface area contributed by atoms with Gasteiger partial charge in [-0.25, -0.2) is 9.36 Å². The molecule has 2 N–H and O–H groups in total. The van der Waals surface area contributed by atoms with Crippen molar-refractivity contribution in [2.45, 2.75) is 38.5 Å². The van der Waals surface area contributed by atoms with E-state index in [-0.39, 0.29) is 22.9 Å².